The molecule has 0 aromatic heterocycles. The second-order valence-electron chi connectivity index (χ2n) is 0. The summed E-state index contributed by atoms with van der Waals surface area (Å²) in [6.07, 6.45) is 0. The molecule has 6 heteroatoms. The van der Waals surface area contributed by atoms with Crippen LogP contribution in [-0.2, 0) is 0 Å². The Balaban J connectivity index is 0. The Hall–Kier alpha value is 2.44. The number of rotatable bonds is 0. The molecule has 0 N–H and O–H groups in total. The molecule has 0 aliphatic heterocycles. The number of hydrogen-bond donors (Lipinski definition) is 0. The first-order valence-electron chi connectivity index (χ1n) is 0. The van der Waals surface area contributed by atoms with Gasteiger partial charge in [-0.25, -0.2) is 0 Å². The van der Waals surface area contributed by atoms with Crippen LogP contribution in [0.4, 0.5) is 0 Å². The maximum Gasteiger partial charge on any atom is 2.00 e. The van der Waals surface area contributed by atoms with E-state index < -0.39 is 0 Å². The molecular weight excluding hydrogens is 129 g/mol. The fraction of sp³-hybridized carbons (Fsp3) is 0. The molecule has 0 fully saturated rings. The summed E-state index contributed by atoms with van der Waals surface area (Å²) in [5, 5.41) is 0. The Bertz CT molecular complexity index is 8.75. The molecule has 0 rings (SSSR count). The number of nitrogens with zero attached hydrogens (tertiary/aromatic N) is 2. The molecule has 0 aliphatic rings. The smallest absolute Gasteiger partial charge is 2.00 e. The van der Waals surface area contributed by atoms with E-state index in [4.69, 9.17) is 0 Å². The summed E-state index contributed by atoms with van der Waals surface area (Å²) in [6.45, 7) is 0. The summed E-state index contributed by atoms with van der Waals surface area (Å²) in [4.78, 5) is 0. The van der Waals surface area contributed by atoms with Gasteiger partial charge in [-0.1, -0.05) is 0 Å². The van der Waals surface area contributed by atoms with Crippen molar-refractivity contribution in [1.82, 2.24) is 0 Å². The number of hydrogen-bond acceptors (Lipinski definition) is 0. The van der Waals surface area contributed by atoms with E-state index in [0.717, 1.165) is 0 Å². The van der Waals surface area contributed by atoms with Gasteiger partial charge in [0.05, 0.1) is 0 Å². The van der Waals surface area contributed by atoms with Crippen LogP contribution in [0.2, 0.25) is 0 Å². The van der Waals surface area contributed by atoms with Gasteiger partial charge in [-0.05, 0) is 0 Å². The maximum atomic E-state index is 0. The molecule has 6 heavy (non-hydrogen) atoms. The minimum absolute atomic E-state index is 0. The van der Waals surface area contributed by atoms with E-state index in [0.29, 0.717) is 0 Å². The van der Waals surface area contributed by atoms with E-state index >= 15 is 0 Å². The first-order valence-corrected chi connectivity index (χ1v) is 0. The van der Waals surface area contributed by atoms with Gasteiger partial charge in [0.25, 0.3) is 0 Å². The summed E-state index contributed by atoms with van der Waals surface area (Å²) in [7, 11) is 0. The van der Waals surface area contributed by atoms with Crippen LogP contribution >= 0.6 is 0 Å². The van der Waals surface area contributed by atoms with Crippen LogP contribution in [0.1, 0.15) is 0 Å². The first-order chi connectivity index (χ1) is 0. The minimum atomic E-state index is 0. The van der Waals surface area contributed by atoms with E-state index in [9.17, 15) is 0 Å². The summed E-state index contributed by atoms with van der Waals surface area (Å²) < 4.78 is 0. The Kier molecular flexibility index (Phi) is 680. The molecule has 2 nitrogen and oxygen atoms in total. The van der Waals surface area contributed by atoms with E-state index in [-0.39, 0.29) is 92.4 Å². The zero-order valence-corrected chi connectivity index (χ0v) is 8.76. The van der Waals surface area contributed by atoms with Gasteiger partial charge in [0.1, 0.15) is 0 Å². The van der Waals surface area contributed by atoms with Gasteiger partial charge in [0.15, 0.2) is 0 Å². The van der Waals surface area contributed by atoms with Gasteiger partial charge >= 0.3 is 69.2 Å². The first kappa shape index (κ1) is 78.6. The molecule has 0 bridgehead atoms. The largest absolute Gasteiger partial charge is 3.00 e. The zero-order valence-electron chi connectivity index (χ0n) is 3.52. The minimum Gasteiger partial charge on any atom is -3.00 e. The Morgan fingerprint density at radius 3 is 0.500 bits per heavy atom. The third-order valence-electron chi connectivity index (χ3n) is 0. The maximum absolute atomic E-state index is 0. The third kappa shape index (κ3) is 32.1. The van der Waals surface area contributed by atoms with Gasteiger partial charge < -0.3 is 12.3 Å². The molecule has 0 unspecified atom stereocenters. The van der Waals surface area contributed by atoms with Crippen LogP contribution in [0, 0.1) is 0 Å². The van der Waals surface area contributed by atoms with Crippen molar-refractivity contribution in [3.63, 3.8) is 0 Å². The molecular formula is Mg3N2Si. The zero-order chi connectivity index (χ0) is 0. The van der Waals surface area contributed by atoms with Gasteiger partial charge in [0.2, 0.25) is 0 Å². The Labute approximate surface area is 91.2 Å². The summed E-state index contributed by atoms with van der Waals surface area (Å²) in [5.74, 6) is 0. The van der Waals surface area contributed by atoms with Gasteiger partial charge in [-0.2, -0.15) is 0 Å². The average Bonchev–Trinajstić information content (AvgIpc) is 0. The van der Waals surface area contributed by atoms with Gasteiger partial charge in [-0.3, -0.25) is 0 Å². The SMILES string of the molecule is [Mg+2].[Mg+2].[Mg+2].[N-3].[N-3].[Si]. The van der Waals surface area contributed by atoms with Crippen molar-refractivity contribution in [2.75, 3.05) is 0 Å². The summed E-state index contributed by atoms with van der Waals surface area (Å²) in [5.41, 5.74) is 0. The second-order valence-corrected chi connectivity index (χ2v) is 0. The molecule has 0 heterocycles. The summed E-state index contributed by atoms with van der Waals surface area (Å²) in [6, 6.07) is 0. The molecule has 0 aliphatic carbocycles. The average molecular weight is 129 g/mol. The van der Waals surface area contributed by atoms with Crippen molar-refractivity contribution in [3.05, 3.63) is 12.3 Å². The molecule has 0 aromatic carbocycles. The monoisotopic (exact) mass is 128 g/mol. The van der Waals surface area contributed by atoms with Crippen molar-refractivity contribution < 1.29 is 0 Å². The Morgan fingerprint density at radius 1 is 0.500 bits per heavy atom. The van der Waals surface area contributed by atoms with E-state index in [2.05, 4.69) is 0 Å². The third-order valence-corrected chi connectivity index (χ3v) is 0. The van der Waals surface area contributed by atoms with Crippen molar-refractivity contribution in [2.24, 2.45) is 0 Å². The van der Waals surface area contributed by atoms with Crippen molar-refractivity contribution in [1.29, 1.82) is 0 Å². The topological polar surface area (TPSA) is 61.0 Å². The standard InChI is InChI=1S/3Mg.2N.Si/q3*+2;2*-3;. The van der Waals surface area contributed by atoms with Crippen LogP contribution < -0.4 is 0 Å². The van der Waals surface area contributed by atoms with Crippen molar-refractivity contribution >= 4 is 80.1 Å². The molecule has 0 saturated carbocycles. The van der Waals surface area contributed by atoms with Gasteiger partial charge in [0, 0.05) is 11.0 Å². The quantitative estimate of drug-likeness (QED) is 0.379. The molecule has 0 atom stereocenters. The Morgan fingerprint density at radius 2 is 0.500 bits per heavy atom. The molecule has 20 valence electrons. The normalized spacial score (nSPS) is 0. The van der Waals surface area contributed by atoms with Crippen LogP contribution in [0.5, 0.6) is 0 Å². The fourth-order valence-corrected chi connectivity index (χ4v) is 0. The van der Waals surface area contributed by atoms with Gasteiger partial charge in [-0.15, -0.1) is 0 Å². The van der Waals surface area contributed by atoms with Crippen molar-refractivity contribution in [2.45, 2.75) is 0 Å². The predicted octanol–water partition coefficient (Wildman–Crippen LogP) is -0.946. The van der Waals surface area contributed by atoms with E-state index in [1.165, 1.54) is 0 Å². The fourth-order valence-electron chi connectivity index (χ4n) is 0. The molecule has 0 saturated heterocycles. The van der Waals surface area contributed by atoms with Crippen LogP contribution in [0.15, 0.2) is 0 Å². The van der Waals surface area contributed by atoms with Crippen LogP contribution in [0.3, 0.4) is 0 Å². The van der Waals surface area contributed by atoms with Crippen LogP contribution in [-0.4, -0.2) is 80.1 Å². The van der Waals surface area contributed by atoms with E-state index in [1.807, 2.05) is 0 Å². The molecule has 0 spiro atoms. The molecule has 4 radical (unpaired) electrons. The summed E-state index contributed by atoms with van der Waals surface area (Å²) >= 11 is 0. The second kappa shape index (κ2) is 51.9. The van der Waals surface area contributed by atoms with Crippen molar-refractivity contribution in [3.8, 4) is 0 Å². The molecule has 0 aromatic rings. The molecule has 0 amide bonds. The van der Waals surface area contributed by atoms with E-state index in [1.54, 1.807) is 0 Å². The van der Waals surface area contributed by atoms with Crippen LogP contribution in [0.25, 0.3) is 12.3 Å². The predicted molar refractivity (Wildman–Crippen MR) is 29.7 cm³/mol.